The molecular weight excluding hydrogens is 918 g/mol. The SMILES string of the molecule is CC(C)(C)OC(=O)N[C@@H](CC(=O)N1CCSC1C(=O)N1CCOCC1)Cc1cc(F)c(F)cc1F.Cl.N[C@@H](CC(=O)N1CCSC1C(=O)N1CCOCC1)Cc1cc(F)c(F)cc1F. The van der Waals surface area contributed by atoms with Crippen molar-refractivity contribution in [3.8, 4) is 0 Å². The Morgan fingerprint density at radius 2 is 1.08 bits per heavy atom. The van der Waals surface area contributed by atoms with Crippen molar-refractivity contribution >= 4 is 65.7 Å². The van der Waals surface area contributed by atoms with Crippen LogP contribution in [0, 0.1) is 34.9 Å². The Morgan fingerprint density at radius 1 is 0.672 bits per heavy atom. The standard InChI is InChI=1S/C23H30F3N3O5S.C18H22F3N3O3S.ClH/c1-23(2,3)34-22(32)27-15(10-14-11-17(25)18(26)13-16(14)24)12-19(30)29-6-9-35-21(29)20(31)28-4-7-33-8-5-28;19-13-10-15(21)14(20)8-11(13)7-12(22)9-16(25)24-3-6-28-18(24)17(26)23-1-4-27-5-2-23;/h11,13,15,21H,4-10,12H2,1-3H3,(H,27,32);8,10,12,18H,1-7,9,22H2;1H/t15-,21?;12-,18?;/m11./s1. The first-order chi connectivity index (χ1) is 29.8. The minimum atomic E-state index is -1.34. The molecule has 0 aromatic heterocycles. The summed E-state index contributed by atoms with van der Waals surface area (Å²) in [4.78, 5) is 70.2. The van der Waals surface area contributed by atoms with E-state index in [4.69, 9.17) is 19.9 Å². The highest BCUT2D eigenvalue weighted by atomic mass is 35.5. The Balaban J connectivity index is 0.000000283. The van der Waals surface area contributed by atoms with Crippen LogP contribution in [-0.4, -0.2) is 155 Å². The van der Waals surface area contributed by atoms with Crippen LogP contribution in [0.1, 0.15) is 44.7 Å². The summed E-state index contributed by atoms with van der Waals surface area (Å²) >= 11 is 2.75. The summed E-state index contributed by atoms with van der Waals surface area (Å²) in [5, 5.41) is 1.23. The van der Waals surface area contributed by atoms with Gasteiger partial charge in [-0.2, -0.15) is 0 Å². The first-order valence-electron chi connectivity index (χ1n) is 20.4. The Hall–Kier alpha value is -3.96. The fraction of sp³-hybridized carbons (Fsp3) is 0.585. The first-order valence-corrected chi connectivity index (χ1v) is 22.5. The molecule has 0 radical (unpaired) electrons. The van der Waals surface area contributed by atoms with Crippen molar-refractivity contribution in [3.05, 3.63) is 70.3 Å². The molecule has 14 nitrogen and oxygen atoms in total. The number of halogens is 7. The molecule has 5 amide bonds. The fourth-order valence-corrected chi connectivity index (χ4v) is 9.56. The molecule has 2 unspecified atom stereocenters. The van der Waals surface area contributed by atoms with Gasteiger partial charge in [-0.15, -0.1) is 35.9 Å². The van der Waals surface area contributed by atoms with Crippen LogP contribution in [0.15, 0.2) is 24.3 Å². The zero-order chi connectivity index (χ0) is 46.0. The summed E-state index contributed by atoms with van der Waals surface area (Å²) in [6.45, 7) is 9.41. The van der Waals surface area contributed by atoms with E-state index in [2.05, 4.69) is 5.32 Å². The maximum absolute atomic E-state index is 14.3. The molecule has 4 heterocycles. The van der Waals surface area contributed by atoms with Gasteiger partial charge in [0.05, 0.1) is 26.4 Å². The van der Waals surface area contributed by atoms with Gasteiger partial charge in [0.15, 0.2) is 34.0 Å². The van der Waals surface area contributed by atoms with Crippen LogP contribution in [0.25, 0.3) is 0 Å². The maximum atomic E-state index is 14.3. The number of hydrogen-bond acceptors (Lipinski definition) is 11. The topological polar surface area (TPSA) is 164 Å². The van der Waals surface area contributed by atoms with E-state index in [1.165, 1.54) is 33.3 Å². The van der Waals surface area contributed by atoms with Gasteiger partial charge in [0.1, 0.15) is 17.2 Å². The highest BCUT2D eigenvalue weighted by molar-refractivity contribution is 8.01. The van der Waals surface area contributed by atoms with Crippen molar-refractivity contribution in [1.29, 1.82) is 0 Å². The molecule has 64 heavy (non-hydrogen) atoms. The molecule has 356 valence electrons. The fourth-order valence-electron chi connectivity index (χ4n) is 7.12. The minimum Gasteiger partial charge on any atom is -0.444 e. The van der Waals surface area contributed by atoms with Crippen LogP contribution in [0.5, 0.6) is 0 Å². The van der Waals surface area contributed by atoms with E-state index in [9.17, 15) is 50.3 Å². The van der Waals surface area contributed by atoms with E-state index in [0.29, 0.717) is 95.4 Å². The summed E-state index contributed by atoms with van der Waals surface area (Å²) in [7, 11) is 0. The zero-order valence-electron chi connectivity index (χ0n) is 35.6. The molecule has 23 heteroatoms. The van der Waals surface area contributed by atoms with Crippen molar-refractivity contribution in [1.82, 2.24) is 24.9 Å². The van der Waals surface area contributed by atoms with E-state index >= 15 is 0 Å². The molecule has 4 fully saturated rings. The predicted molar refractivity (Wildman–Crippen MR) is 228 cm³/mol. The van der Waals surface area contributed by atoms with Gasteiger partial charge in [-0.25, -0.2) is 31.1 Å². The number of nitrogens with zero attached hydrogens (tertiary/aromatic N) is 4. The number of rotatable bonds is 11. The third-order valence-corrected chi connectivity index (χ3v) is 12.6. The molecule has 0 saturated carbocycles. The van der Waals surface area contributed by atoms with Gasteiger partial charge in [-0.1, -0.05) is 0 Å². The number of amides is 5. The summed E-state index contributed by atoms with van der Waals surface area (Å²) in [5.74, 6) is -6.76. The second-order valence-corrected chi connectivity index (χ2v) is 18.5. The summed E-state index contributed by atoms with van der Waals surface area (Å²) < 4.78 is 97.3. The van der Waals surface area contributed by atoms with Crippen molar-refractivity contribution in [2.45, 2.75) is 74.9 Å². The molecule has 4 aliphatic rings. The van der Waals surface area contributed by atoms with Crippen LogP contribution in [0.3, 0.4) is 0 Å². The maximum Gasteiger partial charge on any atom is 0.407 e. The van der Waals surface area contributed by atoms with Crippen molar-refractivity contribution in [2.24, 2.45) is 5.73 Å². The van der Waals surface area contributed by atoms with Gasteiger partial charge < -0.3 is 44.9 Å². The highest BCUT2D eigenvalue weighted by Crippen LogP contribution is 2.29. The van der Waals surface area contributed by atoms with Gasteiger partial charge in [0.2, 0.25) is 11.8 Å². The number of carbonyl (C=O) groups excluding carboxylic acids is 5. The lowest BCUT2D eigenvalue weighted by Gasteiger charge is -2.32. The third kappa shape index (κ3) is 14.8. The summed E-state index contributed by atoms with van der Waals surface area (Å²) in [6, 6.07) is 0.581. The molecule has 2 aromatic carbocycles. The van der Waals surface area contributed by atoms with E-state index < -0.39 is 75.3 Å². The highest BCUT2D eigenvalue weighted by Gasteiger charge is 2.40. The minimum absolute atomic E-state index is 0. The molecular formula is C41H53ClF6N6O8S2. The van der Waals surface area contributed by atoms with Crippen molar-refractivity contribution in [3.63, 3.8) is 0 Å². The van der Waals surface area contributed by atoms with Gasteiger partial charge in [0.25, 0.3) is 11.8 Å². The van der Waals surface area contributed by atoms with Crippen LogP contribution in [-0.2, 0) is 46.2 Å². The van der Waals surface area contributed by atoms with Crippen molar-refractivity contribution < 1.29 is 64.5 Å². The average molecular weight is 971 g/mol. The Kier molecular flexibility index (Phi) is 19.7. The number of morpholine rings is 2. The molecule has 3 N–H and O–H groups in total. The Labute approximate surface area is 382 Å². The zero-order valence-corrected chi connectivity index (χ0v) is 38.0. The average Bonchev–Trinajstić information content (AvgIpc) is 3.93. The van der Waals surface area contributed by atoms with Crippen LogP contribution in [0.4, 0.5) is 31.1 Å². The van der Waals surface area contributed by atoms with Crippen molar-refractivity contribution in [2.75, 3.05) is 77.2 Å². The lowest BCUT2D eigenvalue weighted by molar-refractivity contribution is -0.144. The third-order valence-electron chi connectivity index (χ3n) is 10.2. The number of nitrogens with one attached hydrogen (secondary N) is 1. The van der Waals surface area contributed by atoms with Gasteiger partial charge in [0, 0.05) is 87.8 Å². The quantitative estimate of drug-likeness (QED) is 0.245. The Morgan fingerprint density at radius 3 is 1.52 bits per heavy atom. The van der Waals surface area contributed by atoms with Crippen LogP contribution >= 0.6 is 35.9 Å². The van der Waals surface area contributed by atoms with E-state index in [0.717, 1.165) is 6.07 Å². The number of ether oxygens (including phenoxy) is 3. The van der Waals surface area contributed by atoms with Gasteiger partial charge in [-0.05, 0) is 56.9 Å². The van der Waals surface area contributed by atoms with E-state index in [-0.39, 0.29) is 66.9 Å². The van der Waals surface area contributed by atoms with E-state index in [1.54, 1.807) is 30.6 Å². The number of thioether (sulfide) groups is 2. The monoisotopic (exact) mass is 970 g/mol. The van der Waals surface area contributed by atoms with Gasteiger partial charge in [-0.3, -0.25) is 19.2 Å². The Bertz CT molecular complexity index is 1980. The second-order valence-electron chi connectivity index (χ2n) is 16.1. The van der Waals surface area contributed by atoms with Gasteiger partial charge >= 0.3 is 6.09 Å². The molecule has 4 saturated heterocycles. The van der Waals surface area contributed by atoms with Crippen LogP contribution in [0.2, 0.25) is 0 Å². The summed E-state index contributed by atoms with van der Waals surface area (Å²) in [6.07, 6.45) is -1.64. The second kappa shape index (κ2) is 24.0. The summed E-state index contributed by atoms with van der Waals surface area (Å²) in [5.41, 5.74) is 4.83. The number of nitrogens with two attached hydrogens (primary N) is 1. The molecule has 2 aromatic rings. The molecule has 4 aliphatic heterocycles. The molecule has 6 rings (SSSR count). The lowest BCUT2D eigenvalue weighted by atomic mass is 10.0. The number of alkyl carbamates (subject to hydrolysis) is 1. The number of carbonyl (C=O) groups is 5. The molecule has 0 aliphatic carbocycles. The normalized spacial score (nSPS) is 19.8. The number of benzene rings is 2. The lowest BCUT2D eigenvalue weighted by Crippen LogP contribution is -2.51. The molecule has 4 atom stereocenters. The molecule has 0 bridgehead atoms. The van der Waals surface area contributed by atoms with E-state index in [1.807, 2.05) is 0 Å². The van der Waals surface area contributed by atoms with Crippen LogP contribution < -0.4 is 11.1 Å². The molecule has 0 spiro atoms. The smallest absolute Gasteiger partial charge is 0.407 e. The first kappa shape index (κ1) is 52.7. The largest absolute Gasteiger partial charge is 0.444 e. The number of hydrogen-bond donors (Lipinski definition) is 2. The predicted octanol–water partition coefficient (Wildman–Crippen LogP) is 4.24.